The first-order chi connectivity index (χ1) is 7.13. The van der Waals surface area contributed by atoms with Gasteiger partial charge in [0.15, 0.2) is 5.11 Å². The highest BCUT2D eigenvalue weighted by atomic mass is 32.1. The predicted octanol–water partition coefficient (Wildman–Crippen LogP) is 1.25. The summed E-state index contributed by atoms with van der Waals surface area (Å²) in [5.41, 5.74) is 9.59. The summed E-state index contributed by atoms with van der Waals surface area (Å²) in [4.78, 5) is 0. The molecule has 0 amide bonds. The molecular formula is C10H13N3OS. The molecular weight excluding hydrogens is 210 g/mol. The molecule has 0 unspecified atom stereocenters. The summed E-state index contributed by atoms with van der Waals surface area (Å²) in [6.07, 6.45) is 0. The fourth-order valence-electron chi connectivity index (χ4n) is 1.04. The van der Waals surface area contributed by atoms with E-state index < -0.39 is 0 Å². The Morgan fingerprint density at radius 2 is 2.00 bits per heavy atom. The van der Waals surface area contributed by atoms with E-state index in [1.165, 1.54) is 0 Å². The van der Waals surface area contributed by atoms with Gasteiger partial charge in [-0.2, -0.15) is 5.10 Å². The molecule has 0 saturated carbocycles. The van der Waals surface area contributed by atoms with Crippen LogP contribution < -0.4 is 15.9 Å². The first-order valence-electron chi connectivity index (χ1n) is 4.37. The molecule has 0 aliphatic carbocycles. The highest BCUT2D eigenvalue weighted by Crippen LogP contribution is 2.11. The van der Waals surface area contributed by atoms with E-state index in [-0.39, 0.29) is 5.11 Å². The molecule has 1 rings (SSSR count). The number of thiocarbonyl (C=S) groups is 1. The van der Waals surface area contributed by atoms with Gasteiger partial charge in [-0.15, -0.1) is 0 Å². The third-order valence-corrected chi connectivity index (χ3v) is 1.93. The van der Waals surface area contributed by atoms with Gasteiger partial charge in [0.2, 0.25) is 0 Å². The van der Waals surface area contributed by atoms with Gasteiger partial charge in [-0.25, -0.2) is 0 Å². The first-order valence-corrected chi connectivity index (χ1v) is 4.78. The molecule has 0 aliphatic heterocycles. The Bertz CT molecular complexity index is 373. The van der Waals surface area contributed by atoms with Crippen LogP contribution in [-0.4, -0.2) is 17.9 Å². The SMILES string of the molecule is COc1ccc(/C(C)=N\NC(N)=S)cc1. The summed E-state index contributed by atoms with van der Waals surface area (Å²) in [6.45, 7) is 1.87. The van der Waals surface area contributed by atoms with E-state index in [9.17, 15) is 0 Å². The molecule has 80 valence electrons. The van der Waals surface area contributed by atoms with Gasteiger partial charge < -0.3 is 10.5 Å². The Labute approximate surface area is 94.1 Å². The Morgan fingerprint density at radius 3 is 2.47 bits per heavy atom. The maximum Gasteiger partial charge on any atom is 0.184 e. The van der Waals surface area contributed by atoms with E-state index in [0.29, 0.717) is 0 Å². The molecule has 0 bridgehead atoms. The van der Waals surface area contributed by atoms with Crippen molar-refractivity contribution in [2.45, 2.75) is 6.92 Å². The minimum atomic E-state index is 0.155. The standard InChI is InChI=1S/C10H13N3OS/c1-7(12-13-10(11)15)8-3-5-9(14-2)6-4-8/h3-6H,1-2H3,(H3,11,13,15)/b12-7-. The van der Waals surface area contributed by atoms with E-state index >= 15 is 0 Å². The molecule has 4 nitrogen and oxygen atoms in total. The van der Waals surface area contributed by atoms with E-state index in [2.05, 4.69) is 22.7 Å². The average Bonchev–Trinajstić information content (AvgIpc) is 2.26. The topological polar surface area (TPSA) is 59.6 Å². The second-order valence-corrected chi connectivity index (χ2v) is 3.34. The molecule has 5 heteroatoms. The summed E-state index contributed by atoms with van der Waals surface area (Å²) in [5, 5.41) is 4.16. The number of hydrogen-bond acceptors (Lipinski definition) is 3. The molecule has 0 heterocycles. The molecule has 0 aromatic heterocycles. The number of nitrogens with one attached hydrogen (secondary N) is 1. The molecule has 15 heavy (non-hydrogen) atoms. The third kappa shape index (κ3) is 3.55. The lowest BCUT2D eigenvalue weighted by atomic mass is 10.1. The van der Waals surface area contributed by atoms with Crippen molar-refractivity contribution in [2.75, 3.05) is 7.11 Å². The lowest BCUT2D eigenvalue weighted by Crippen LogP contribution is -2.25. The largest absolute Gasteiger partial charge is 0.497 e. The van der Waals surface area contributed by atoms with Gasteiger partial charge in [0, 0.05) is 0 Å². The Hall–Kier alpha value is -1.62. The lowest BCUT2D eigenvalue weighted by molar-refractivity contribution is 0.415. The fraction of sp³-hybridized carbons (Fsp3) is 0.200. The number of benzene rings is 1. The fourth-order valence-corrected chi connectivity index (χ4v) is 1.08. The van der Waals surface area contributed by atoms with E-state index in [4.69, 9.17) is 10.5 Å². The van der Waals surface area contributed by atoms with Gasteiger partial charge in [-0.1, -0.05) is 0 Å². The number of nitrogens with two attached hydrogens (primary N) is 1. The van der Waals surface area contributed by atoms with Crippen LogP contribution in [0.15, 0.2) is 29.4 Å². The van der Waals surface area contributed by atoms with Gasteiger partial charge in [0.05, 0.1) is 12.8 Å². The summed E-state index contributed by atoms with van der Waals surface area (Å²) >= 11 is 4.64. The van der Waals surface area contributed by atoms with Crippen LogP contribution in [0.3, 0.4) is 0 Å². The molecule has 0 aliphatic rings. The second kappa shape index (κ2) is 5.31. The average molecular weight is 223 g/mol. The van der Waals surface area contributed by atoms with Crippen molar-refractivity contribution in [1.29, 1.82) is 0 Å². The van der Waals surface area contributed by atoms with Crippen molar-refractivity contribution in [2.24, 2.45) is 10.8 Å². The number of ether oxygens (including phenoxy) is 1. The zero-order valence-corrected chi connectivity index (χ0v) is 9.47. The Kier molecular flexibility index (Phi) is 4.05. The number of nitrogens with zero attached hydrogens (tertiary/aromatic N) is 1. The molecule has 3 N–H and O–H groups in total. The van der Waals surface area contributed by atoms with Crippen LogP contribution >= 0.6 is 12.2 Å². The molecule has 0 atom stereocenters. The summed E-state index contributed by atoms with van der Waals surface area (Å²) < 4.78 is 5.05. The highest BCUT2D eigenvalue weighted by Gasteiger charge is 1.97. The third-order valence-electron chi connectivity index (χ3n) is 1.84. The summed E-state index contributed by atoms with van der Waals surface area (Å²) in [7, 11) is 1.63. The minimum Gasteiger partial charge on any atom is -0.497 e. The maximum absolute atomic E-state index is 5.26. The molecule has 0 fully saturated rings. The lowest BCUT2D eigenvalue weighted by Gasteiger charge is -2.03. The Morgan fingerprint density at radius 1 is 1.40 bits per heavy atom. The monoisotopic (exact) mass is 223 g/mol. The van der Waals surface area contributed by atoms with Crippen molar-refractivity contribution < 1.29 is 4.74 Å². The van der Waals surface area contributed by atoms with E-state index in [0.717, 1.165) is 17.0 Å². The summed E-state index contributed by atoms with van der Waals surface area (Å²) in [5.74, 6) is 0.814. The molecule has 0 radical (unpaired) electrons. The molecule has 0 spiro atoms. The van der Waals surface area contributed by atoms with Crippen LogP contribution in [0.4, 0.5) is 0 Å². The molecule has 1 aromatic carbocycles. The first kappa shape index (κ1) is 11.5. The van der Waals surface area contributed by atoms with Crippen LogP contribution in [0.5, 0.6) is 5.75 Å². The van der Waals surface area contributed by atoms with Crippen molar-refractivity contribution in [3.63, 3.8) is 0 Å². The van der Waals surface area contributed by atoms with Crippen LogP contribution in [0.25, 0.3) is 0 Å². The normalized spacial score (nSPS) is 10.9. The van der Waals surface area contributed by atoms with Gasteiger partial charge in [-0.05, 0) is 49.0 Å². The van der Waals surface area contributed by atoms with Gasteiger partial charge in [-0.3, -0.25) is 5.43 Å². The van der Waals surface area contributed by atoms with Gasteiger partial charge >= 0.3 is 0 Å². The number of rotatable bonds is 3. The van der Waals surface area contributed by atoms with Gasteiger partial charge in [0.25, 0.3) is 0 Å². The zero-order valence-electron chi connectivity index (χ0n) is 8.65. The molecule has 1 aromatic rings. The highest BCUT2D eigenvalue weighted by molar-refractivity contribution is 7.80. The van der Waals surface area contributed by atoms with Crippen LogP contribution in [0.1, 0.15) is 12.5 Å². The van der Waals surface area contributed by atoms with Crippen LogP contribution in [-0.2, 0) is 0 Å². The van der Waals surface area contributed by atoms with Crippen molar-refractivity contribution in [3.8, 4) is 5.75 Å². The van der Waals surface area contributed by atoms with E-state index in [1.807, 2.05) is 31.2 Å². The van der Waals surface area contributed by atoms with Crippen LogP contribution in [0, 0.1) is 0 Å². The smallest absolute Gasteiger partial charge is 0.184 e. The zero-order chi connectivity index (χ0) is 11.3. The quantitative estimate of drug-likeness (QED) is 0.460. The number of hydrogen-bond donors (Lipinski definition) is 2. The maximum atomic E-state index is 5.26. The second-order valence-electron chi connectivity index (χ2n) is 2.90. The molecule has 0 saturated heterocycles. The predicted molar refractivity (Wildman–Crippen MR) is 65.1 cm³/mol. The van der Waals surface area contributed by atoms with Crippen molar-refractivity contribution in [3.05, 3.63) is 29.8 Å². The summed E-state index contributed by atoms with van der Waals surface area (Å²) in [6, 6.07) is 7.57. The van der Waals surface area contributed by atoms with Crippen molar-refractivity contribution >= 4 is 23.0 Å². The van der Waals surface area contributed by atoms with Crippen LogP contribution in [0.2, 0.25) is 0 Å². The Balaban J connectivity index is 2.77. The van der Waals surface area contributed by atoms with Gasteiger partial charge in [0.1, 0.15) is 5.75 Å². The number of methoxy groups -OCH3 is 1. The number of hydrazone groups is 1. The van der Waals surface area contributed by atoms with E-state index in [1.54, 1.807) is 7.11 Å². The van der Waals surface area contributed by atoms with Crippen molar-refractivity contribution in [1.82, 2.24) is 5.43 Å². The minimum absolute atomic E-state index is 0.155.